The van der Waals surface area contributed by atoms with Crippen molar-refractivity contribution in [3.8, 4) is 6.07 Å². The number of hydrogen-bond donors (Lipinski definition) is 1. The molecule has 2 unspecified atom stereocenters. The third-order valence-electron chi connectivity index (χ3n) is 4.87. The molecule has 0 aromatic heterocycles. The first kappa shape index (κ1) is 18.4. The summed E-state index contributed by atoms with van der Waals surface area (Å²) in [5.41, 5.74) is -0.319. The third kappa shape index (κ3) is 5.94. The van der Waals surface area contributed by atoms with Crippen LogP contribution in [0.25, 0.3) is 0 Å². The molecule has 1 heterocycles. The average molecular weight is 294 g/mol. The zero-order valence-corrected chi connectivity index (χ0v) is 14.5. The average Bonchev–Trinajstić information content (AvgIpc) is 2.51. The standard InChI is InChI=1S/C17H34N4/c1-5-11-19-17(6-2,15-18)10-8-13-21(4)16-9-7-12-20(3)14-16/h16,19H,5-14H2,1-4H3. The van der Waals surface area contributed by atoms with E-state index in [1.807, 2.05) is 0 Å². The van der Waals surface area contributed by atoms with Crippen LogP contribution in [0, 0.1) is 11.3 Å². The summed E-state index contributed by atoms with van der Waals surface area (Å²) >= 11 is 0. The first-order chi connectivity index (χ1) is 10.1. The highest BCUT2D eigenvalue weighted by Crippen LogP contribution is 2.19. The van der Waals surface area contributed by atoms with Gasteiger partial charge in [0.25, 0.3) is 0 Å². The molecule has 1 aliphatic heterocycles. The van der Waals surface area contributed by atoms with Crippen LogP contribution in [-0.4, -0.2) is 61.7 Å². The summed E-state index contributed by atoms with van der Waals surface area (Å²) in [6.07, 6.45) is 6.63. The molecule has 0 aromatic rings. The number of nitrogens with zero attached hydrogens (tertiary/aromatic N) is 3. The molecule has 0 bridgehead atoms. The predicted molar refractivity (Wildman–Crippen MR) is 89.3 cm³/mol. The van der Waals surface area contributed by atoms with Gasteiger partial charge in [0.15, 0.2) is 0 Å². The van der Waals surface area contributed by atoms with E-state index in [0.717, 1.165) is 38.8 Å². The van der Waals surface area contributed by atoms with Gasteiger partial charge in [-0.3, -0.25) is 5.32 Å². The fourth-order valence-corrected chi connectivity index (χ4v) is 3.24. The van der Waals surface area contributed by atoms with Gasteiger partial charge in [-0.15, -0.1) is 0 Å². The maximum absolute atomic E-state index is 9.52. The van der Waals surface area contributed by atoms with Crippen molar-refractivity contribution in [2.45, 2.75) is 64.0 Å². The fourth-order valence-electron chi connectivity index (χ4n) is 3.24. The molecule has 0 aliphatic carbocycles. The molecule has 1 saturated heterocycles. The Morgan fingerprint density at radius 1 is 1.43 bits per heavy atom. The first-order valence-corrected chi connectivity index (χ1v) is 8.62. The Morgan fingerprint density at radius 2 is 2.19 bits per heavy atom. The molecule has 2 atom stereocenters. The van der Waals surface area contributed by atoms with Gasteiger partial charge in [-0.25, -0.2) is 0 Å². The van der Waals surface area contributed by atoms with Gasteiger partial charge in [-0.2, -0.15) is 5.26 Å². The van der Waals surface area contributed by atoms with E-state index >= 15 is 0 Å². The van der Waals surface area contributed by atoms with Crippen molar-refractivity contribution in [3.63, 3.8) is 0 Å². The van der Waals surface area contributed by atoms with E-state index in [1.165, 1.54) is 25.9 Å². The molecule has 122 valence electrons. The summed E-state index contributed by atoms with van der Waals surface area (Å²) in [5, 5.41) is 13.0. The number of nitriles is 1. The number of likely N-dealkylation sites (N-methyl/N-ethyl adjacent to an activating group) is 2. The minimum absolute atomic E-state index is 0.319. The van der Waals surface area contributed by atoms with E-state index in [2.05, 4.69) is 49.1 Å². The fraction of sp³-hybridized carbons (Fsp3) is 0.941. The highest BCUT2D eigenvalue weighted by Gasteiger charge is 2.27. The Morgan fingerprint density at radius 3 is 2.76 bits per heavy atom. The second-order valence-electron chi connectivity index (χ2n) is 6.62. The summed E-state index contributed by atoms with van der Waals surface area (Å²) in [5.74, 6) is 0. The Bertz CT molecular complexity index is 325. The number of rotatable bonds is 9. The van der Waals surface area contributed by atoms with Crippen LogP contribution in [0.2, 0.25) is 0 Å². The summed E-state index contributed by atoms with van der Waals surface area (Å²) in [4.78, 5) is 4.92. The summed E-state index contributed by atoms with van der Waals surface area (Å²) in [6, 6.07) is 3.21. The molecule has 1 N–H and O–H groups in total. The molecule has 0 amide bonds. The minimum atomic E-state index is -0.319. The lowest BCUT2D eigenvalue weighted by atomic mass is 9.91. The Hall–Kier alpha value is -0.630. The van der Waals surface area contributed by atoms with Crippen LogP contribution in [0.3, 0.4) is 0 Å². The van der Waals surface area contributed by atoms with Gasteiger partial charge in [0.1, 0.15) is 5.54 Å². The van der Waals surface area contributed by atoms with Crippen LogP contribution in [0.4, 0.5) is 0 Å². The topological polar surface area (TPSA) is 42.3 Å². The van der Waals surface area contributed by atoms with Gasteiger partial charge in [0, 0.05) is 12.6 Å². The van der Waals surface area contributed by atoms with E-state index in [9.17, 15) is 5.26 Å². The van der Waals surface area contributed by atoms with Crippen LogP contribution in [0.1, 0.15) is 52.4 Å². The van der Waals surface area contributed by atoms with Crippen molar-refractivity contribution in [1.82, 2.24) is 15.1 Å². The lowest BCUT2D eigenvalue weighted by molar-refractivity contribution is 0.131. The van der Waals surface area contributed by atoms with Gasteiger partial charge in [-0.05, 0) is 72.3 Å². The molecule has 0 radical (unpaired) electrons. The molecule has 1 rings (SSSR count). The molecule has 4 nitrogen and oxygen atoms in total. The zero-order chi connectivity index (χ0) is 15.7. The van der Waals surface area contributed by atoms with E-state index < -0.39 is 0 Å². The number of hydrogen-bond acceptors (Lipinski definition) is 4. The molecule has 0 aromatic carbocycles. The van der Waals surface area contributed by atoms with Crippen LogP contribution < -0.4 is 5.32 Å². The summed E-state index contributed by atoms with van der Waals surface area (Å²) in [6.45, 7) is 8.71. The molecule has 0 spiro atoms. The van der Waals surface area contributed by atoms with Gasteiger partial charge in [0.2, 0.25) is 0 Å². The Kier molecular flexibility index (Phi) is 8.24. The van der Waals surface area contributed by atoms with Crippen LogP contribution in [0.5, 0.6) is 0 Å². The summed E-state index contributed by atoms with van der Waals surface area (Å²) < 4.78 is 0. The molecule has 21 heavy (non-hydrogen) atoms. The van der Waals surface area contributed by atoms with Crippen molar-refractivity contribution in [2.24, 2.45) is 0 Å². The van der Waals surface area contributed by atoms with Crippen LogP contribution in [0.15, 0.2) is 0 Å². The third-order valence-corrected chi connectivity index (χ3v) is 4.87. The Balaban J connectivity index is 2.37. The van der Waals surface area contributed by atoms with Gasteiger partial charge in [-0.1, -0.05) is 13.8 Å². The van der Waals surface area contributed by atoms with E-state index in [4.69, 9.17) is 0 Å². The highest BCUT2D eigenvalue weighted by atomic mass is 15.2. The predicted octanol–water partition coefficient (Wildman–Crippen LogP) is 2.46. The lowest BCUT2D eigenvalue weighted by Crippen LogP contribution is -2.47. The second-order valence-corrected chi connectivity index (χ2v) is 6.62. The highest BCUT2D eigenvalue weighted by molar-refractivity contribution is 5.06. The van der Waals surface area contributed by atoms with Crippen molar-refractivity contribution < 1.29 is 0 Å². The minimum Gasteiger partial charge on any atom is -0.305 e. The van der Waals surface area contributed by atoms with Crippen molar-refractivity contribution in [1.29, 1.82) is 5.26 Å². The number of piperidine rings is 1. The van der Waals surface area contributed by atoms with Gasteiger partial charge >= 0.3 is 0 Å². The normalized spacial score (nSPS) is 23.0. The van der Waals surface area contributed by atoms with Crippen LogP contribution >= 0.6 is 0 Å². The molecule has 1 aliphatic rings. The molecule has 4 heteroatoms. The van der Waals surface area contributed by atoms with Crippen LogP contribution in [-0.2, 0) is 0 Å². The Labute approximate surface area is 131 Å². The zero-order valence-electron chi connectivity index (χ0n) is 14.5. The monoisotopic (exact) mass is 294 g/mol. The number of nitrogens with one attached hydrogen (secondary N) is 1. The van der Waals surface area contributed by atoms with Gasteiger partial charge < -0.3 is 9.80 Å². The van der Waals surface area contributed by atoms with Gasteiger partial charge in [0.05, 0.1) is 6.07 Å². The SMILES string of the molecule is CCCNC(C#N)(CC)CCCN(C)C1CCCN(C)C1. The van der Waals surface area contributed by atoms with Crippen molar-refractivity contribution >= 4 is 0 Å². The molecule has 1 fully saturated rings. The summed E-state index contributed by atoms with van der Waals surface area (Å²) in [7, 11) is 4.45. The molecular formula is C17H34N4. The van der Waals surface area contributed by atoms with E-state index in [0.29, 0.717) is 6.04 Å². The molecular weight excluding hydrogens is 260 g/mol. The number of likely N-dealkylation sites (tertiary alicyclic amines) is 1. The smallest absolute Gasteiger partial charge is 0.106 e. The van der Waals surface area contributed by atoms with Crippen molar-refractivity contribution in [2.75, 3.05) is 40.3 Å². The van der Waals surface area contributed by atoms with E-state index in [1.54, 1.807) is 0 Å². The quantitative estimate of drug-likeness (QED) is 0.709. The largest absolute Gasteiger partial charge is 0.305 e. The molecule has 0 saturated carbocycles. The maximum Gasteiger partial charge on any atom is 0.106 e. The lowest BCUT2D eigenvalue weighted by Gasteiger charge is -2.36. The van der Waals surface area contributed by atoms with Crippen molar-refractivity contribution in [3.05, 3.63) is 0 Å². The maximum atomic E-state index is 9.52. The second kappa shape index (κ2) is 9.40. The van der Waals surface area contributed by atoms with E-state index in [-0.39, 0.29) is 5.54 Å². The first-order valence-electron chi connectivity index (χ1n) is 8.62.